The Labute approximate surface area is 203 Å². The third-order valence-electron chi connectivity index (χ3n) is 5.32. The van der Waals surface area contributed by atoms with Gasteiger partial charge in [0.2, 0.25) is 11.8 Å². The van der Waals surface area contributed by atoms with Gasteiger partial charge in [-0.2, -0.15) is 12.7 Å². The molecule has 8 nitrogen and oxygen atoms in total. The third-order valence-corrected chi connectivity index (χ3v) is 7.14. The minimum absolute atomic E-state index is 0.0904. The van der Waals surface area contributed by atoms with Crippen molar-refractivity contribution < 1.29 is 18.0 Å². The topological polar surface area (TPSA) is 90.0 Å². The van der Waals surface area contributed by atoms with Crippen LogP contribution < -0.4 is 9.62 Å². The molecule has 1 atom stereocenters. The average molecular weight is 489 g/mol. The van der Waals surface area contributed by atoms with Gasteiger partial charge in [-0.25, -0.2) is 4.31 Å². The Morgan fingerprint density at radius 3 is 2.18 bits per heavy atom. The average Bonchev–Trinajstić information content (AvgIpc) is 2.77. The lowest BCUT2D eigenvalue weighted by Gasteiger charge is -2.34. The highest BCUT2D eigenvalue weighted by atomic mass is 32.2. The molecule has 2 aromatic rings. The smallest absolute Gasteiger partial charge is 0.304 e. The first-order chi connectivity index (χ1) is 16.0. The number of carbonyl (C=O) groups excluding carboxylic acids is 2. The van der Waals surface area contributed by atoms with Crippen molar-refractivity contribution in [2.24, 2.45) is 0 Å². The first kappa shape index (κ1) is 27.3. The van der Waals surface area contributed by atoms with Crippen LogP contribution in [0.2, 0.25) is 0 Å². The molecule has 0 saturated heterocycles. The largest absolute Gasteiger partial charge is 0.352 e. The van der Waals surface area contributed by atoms with E-state index in [4.69, 9.17) is 0 Å². The van der Waals surface area contributed by atoms with Gasteiger partial charge < -0.3 is 10.2 Å². The molecule has 0 spiro atoms. The summed E-state index contributed by atoms with van der Waals surface area (Å²) >= 11 is 0. The van der Waals surface area contributed by atoms with Gasteiger partial charge >= 0.3 is 10.2 Å². The lowest BCUT2D eigenvalue weighted by Crippen LogP contribution is -2.54. The number of benzene rings is 2. The van der Waals surface area contributed by atoms with Crippen molar-refractivity contribution in [1.29, 1.82) is 0 Å². The SMILES string of the molecule is CC[C@H](C(=O)NC(C)C)N(Cc1cccc(C)c1)C(=O)CN(c1ccccc1)S(=O)(=O)N(C)C. The molecule has 0 aliphatic carbocycles. The Morgan fingerprint density at radius 2 is 1.65 bits per heavy atom. The van der Waals surface area contributed by atoms with Crippen LogP contribution in [0, 0.1) is 6.92 Å². The Balaban J connectivity index is 2.48. The molecular weight excluding hydrogens is 452 g/mol. The Bertz CT molecular complexity index is 1070. The highest BCUT2D eigenvalue weighted by Gasteiger charge is 2.33. The second-order valence-corrected chi connectivity index (χ2v) is 10.8. The molecule has 2 amide bonds. The normalized spacial score (nSPS) is 12.5. The summed E-state index contributed by atoms with van der Waals surface area (Å²) in [6.45, 7) is 7.28. The van der Waals surface area contributed by atoms with Crippen LogP contribution in [0.3, 0.4) is 0 Å². The van der Waals surface area contributed by atoms with Crippen LogP contribution in [-0.2, 0) is 26.3 Å². The van der Waals surface area contributed by atoms with Crippen molar-refractivity contribution in [2.45, 2.75) is 52.7 Å². The maximum Gasteiger partial charge on any atom is 0.304 e. The summed E-state index contributed by atoms with van der Waals surface area (Å²) in [4.78, 5) is 28.2. The molecule has 0 fully saturated rings. The van der Waals surface area contributed by atoms with E-state index >= 15 is 0 Å². The standard InChI is InChI=1S/C25H36N4O4S/c1-7-23(25(31)26-19(2)3)28(17-21-13-11-12-20(4)16-21)24(30)18-29(34(32,33)27(5)6)22-14-9-8-10-15-22/h8-16,19,23H,7,17-18H2,1-6H3,(H,26,31)/t23-/m1/s1. The highest BCUT2D eigenvalue weighted by Crippen LogP contribution is 2.21. The Morgan fingerprint density at radius 1 is 1.00 bits per heavy atom. The first-order valence-corrected chi connectivity index (χ1v) is 12.8. The van der Waals surface area contributed by atoms with Crippen LogP contribution >= 0.6 is 0 Å². The Kier molecular flexibility index (Phi) is 9.64. The van der Waals surface area contributed by atoms with Gasteiger partial charge in [0, 0.05) is 26.7 Å². The molecule has 0 saturated carbocycles. The molecule has 0 aromatic heterocycles. The van der Waals surface area contributed by atoms with E-state index in [1.807, 2.05) is 52.0 Å². The number of amides is 2. The molecule has 0 aliphatic heterocycles. The molecule has 0 aliphatic rings. The quantitative estimate of drug-likeness (QED) is 0.527. The van der Waals surface area contributed by atoms with Crippen LogP contribution in [0.25, 0.3) is 0 Å². The molecular formula is C25H36N4O4S. The number of hydrogen-bond acceptors (Lipinski definition) is 4. The van der Waals surface area contributed by atoms with Gasteiger partial charge in [0.1, 0.15) is 12.6 Å². The van der Waals surface area contributed by atoms with Gasteiger partial charge in [-0.05, 0) is 44.9 Å². The summed E-state index contributed by atoms with van der Waals surface area (Å²) in [6.07, 6.45) is 0.391. The zero-order valence-electron chi connectivity index (χ0n) is 20.9. The maximum absolute atomic E-state index is 13.7. The van der Waals surface area contributed by atoms with E-state index in [-0.39, 0.29) is 18.5 Å². The van der Waals surface area contributed by atoms with Gasteiger partial charge in [0.25, 0.3) is 0 Å². The molecule has 9 heteroatoms. The molecule has 2 rings (SSSR count). The van der Waals surface area contributed by atoms with Gasteiger partial charge in [0.15, 0.2) is 0 Å². The lowest BCUT2D eigenvalue weighted by molar-refractivity contribution is -0.140. The van der Waals surface area contributed by atoms with Gasteiger partial charge in [0.05, 0.1) is 5.69 Å². The fourth-order valence-corrected chi connectivity index (χ4v) is 4.67. The summed E-state index contributed by atoms with van der Waals surface area (Å²) in [5, 5.41) is 2.89. The second-order valence-electron chi connectivity index (χ2n) is 8.73. The van der Waals surface area contributed by atoms with Crippen molar-refractivity contribution in [2.75, 3.05) is 24.9 Å². The van der Waals surface area contributed by atoms with E-state index in [0.717, 1.165) is 19.7 Å². The number of rotatable bonds is 11. The second kappa shape index (κ2) is 12.0. The van der Waals surface area contributed by atoms with Crippen LogP contribution in [0.1, 0.15) is 38.3 Å². The molecule has 0 radical (unpaired) electrons. The fraction of sp³-hybridized carbons (Fsp3) is 0.440. The zero-order chi connectivity index (χ0) is 25.5. The molecule has 1 N–H and O–H groups in total. The van der Waals surface area contributed by atoms with Crippen LogP contribution in [0.4, 0.5) is 5.69 Å². The summed E-state index contributed by atoms with van der Waals surface area (Å²) < 4.78 is 28.4. The molecule has 0 unspecified atom stereocenters. The van der Waals surface area contributed by atoms with Gasteiger partial charge in [-0.3, -0.25) is 9.59 Å². The van der Waals surface area contributed by atoms with E-state index in [9.17, 15) is 18.0 Å². The van der Waals surface area contributed by atoms with Crippen LogP contribution in [0.15, 0.2) is 54.6 Å². The first-order valence-electron chi connectivity index (χ1n) is 11.4. The number of para-hydroxylation sites is 1. The number of aryl methyl sites for hydroxylation is 1. The van der Waals surface area contributed by atoms with Crippen LogP contribution in [-0.4, -0.2) is 62.2 Å². The molecule has 2 aromatic carbocycles. The van der Waals surface area contributed by atoms with Crippen molar-refractivity contribution >= 4 is 27.7 Å². The van der Waals surface area contributed by atoms with Gasteiger partial charge in [-0.1, -0.05) is 55.0 Å². The molecule has 0 heterocycles. The molecule has 34 heavy (non-hydrogen) atoms. The van der Waals surface area contributed by atoms with Crippen molar-refractivity contribution in [3.05, 3.63) is 65.7 Å². The lowest BCUT2D eigenvalue weighted by atomic mass is 10.1. The molecule has 186 valence electrons. The van der Waals surface area contributed by atoms with Crippen molar-refractivity contribution in [1.82, 2.24) is 14.5 Å². The van der Waals surface area contributed by atoms with Crippen LogP contribution in [0.5, 0.6) is 0 Å². The van der Waals surface area contributed by atoms with E-state index < -0.39 is 28.7 Å². The van der Waals surface area contributed by atoms with Crippen molar-refractivity contribution in [3.63, 3.8) is 0 Å². The van der Waals surface area contributed by atoms with E-state index in [0.29, 0.717) is 12.1 Å². The highest BCUT2D eigenvalue weighted by molar-refractivity contribution is 7.90. The summed E-state index contributed by atoms with van der Waals surface area (Å²) in [5.41, 5.74) is 2.27. The summed E-state index contributed by atoms with van der Waals surface area (Å²) in [7, 11) is -1.11. The summed E-state index contributed by atoms with van der Waals surface area (Å²) in [5.74, 6) is -0.721. The van der Waals surface area contributed by atoms with E-state index in [2.05, 4.69) is 5.32 Å². The molecule has 0 bridgehead atoms. The minimum atomic E-state index is -3.95. The predicted octanol–water partition coefficient (Wildman–Crippen LogP) is 2.94. The number of carbonyl (C=O) groups is 2. The third kappa shape index (κ3) is 7.04. The van der Waals surface area contributed by atoms with E-state index in [1.54, 1.807) is 30.3 Å². The monoisotopic (exact) mass is 488 g/mol. The Hall–Kier alpha value is -2.91. The maximum atomic E-state index is 13.7. The number of nitrogens with zero attached hydrogens (tertiary/aromatic N) is 3. The zero-order valence-corrected chi connectivity index (χ0v) is 21.7. The number of hydrogen-bond donors (Lipinski definition) is 1. The van der Waals surface area contributed by atoms with Crippen molar-refractivity contribution in [3.8, 4) is 0 Å². The fourth-order valence-electron chi connectivity index (χ4n) is 3.62. The summed E-state index contributed by atoms with van der Waals surface area (Å²) in [6, 6.07) is 15.4. The number of anilines is 1. The van der Waals surface area contributed by atoms with E-state index in [1.165, 1.54) is 19.0 Å². The predicted molar refractivity (Wildman–Crippen MR) is 135 cm³/mol. The number of nitrogens with one attached hydrogen (secondary N) is 1. The minimum Gasteiger partial charge on any atom is -0.352 e. The van der Waals surface area contributed by atoms with Gasteiger partial charge in [-0.15, -0.1) is 0 Å².